The molecule has 1 aromatic carbocycles. The van der Waals surface area contributed by atoms with Crippen LogP contribution in [0.2, 0.25) is 0 Å². The van der Waals surface area contributed by atoms with Crippen LogP contribution in [0.25, 0.3) is 6.08 Å². The van der Waals surface area contributed by atoms with E-state index in [0.717, 1.165) is 12.5 Å². The second kappa shape index (κ2) is 7.90. The van der Waals surface area contributed by atoms with Crippen molar-refractivity contribution in [2.24, 2.45) is 5.92 Å². The van der Waals surface area contributed by atoms with Crippen LogP contribution in [0.15, 0.2) is 47.9 Å². The fourth-order valence-corrected chi connectivity index (χ4v) is 2.86. The Labute approximate surface area is 125 Å². The van der Waals surface area contributed by atoms with Crippen LogP contribution in [-0.4, -0.2) is 20.5 Å². The standard InChI is InChI=1S/C16H21N3S/c1-14(2)9-11-20-16-7-5-15(6-8-16)4-3-10-19-13-17-12-18-19/h3-8,12-14H,9-11H2,1-2H3. The summed E-state index contributed by atoms with van der Waals surface area (Å²) in [5.74, 6) is 1.97. The van der Waals surface area contributed by atoms with E-state index >= 15 is 0 Å². The van der Waals surface area contributed by atoms with E-state index in [0.29, 0.717) is 0 Å². The van der Waals surface area contributed by atoms with Gasteiger partial charge in [0.25, 0.3) is 0 Å². The third-order valence-corrected chi connectivity index (χ3v) is 3.96. The first-order valence-electron chi connectivity index (χ1n) is 6.96. The number of allylic oxidation sites excluding steroid dienone is 1. The zero-order chi connectivity index (χ0) is 14.2. The maximum atomic E-state index is 4.06. The van der Waals surface area contributed by atoms with Gasteiger partial charge in [-0.05, 0) is 35.8 Å². The normalized spacial score (nSPS) is 11.6. The molecule has 4 heteroatoms. The lowest BCUT2D eigenvalue weighted by Gasteiger charge is -2.04. The molecular weight excluding hydrogens is 266 g/mol. The van der Waals surface area contributed by atoms with E-state index in [4.69, 9.17) is 0 Å². The summed E-state index contributed by atoms with van der Waals surface area (Å²) in [5, 5.41) is 4.06. The Hall–Kier alpha value is -1.55. The highest BCUT2D eigenvalue weighted by atomic mass is 32.2. The summed E-state index contributed by atoms with van der Waals surface area (Å²) in [6.07, 6.45) is 8.75. The Balaban J connectivity index is 1.80. The maximum absolute atomic E-state index is 4.06. The van der Waals surface area contributed by atoms with Crippen molar-refractivity contribution in [1.82, 2.24) is 14.8 Å². The van der Waals surface area contributed by atoms with Gasteiger partial charge >= 0.3 is 0 Å². The highest BCUT2D eigenvalue weighted by molar-refractivity contribution is 7.99. The highest BCUT2D eigenvalue weighted by Crippen LogP contribution is 2.21. The fraction of sp³-hybridized carbons (Fsp3) is 0.375. The van der Waals surface area contributed by atoms with Crippen LogP contribution >= 0.6 is 11.8 Å². The second-order valence-electron chi connectivity index (χ2n) is 5.12. The average molecular weight is 287 g/mol. The number of rotatable bonds is 7. The molecule has 0 radical (unpaired) electrons. The minimum Gasteiger partial charge on any atom is -0.249 e. The highest BCUT2D eigenvalue weighted by Gasteiger charge is 1.97. The van der Waals surface area contributed by atoms with Gasteiger partial charge < -0.3 is 0 Å². The number of nitrogens with zero attached hydrogens (tertiary/aromatic N) is 3. The number of aromatic nitrogens is 3. The molecule has 0 N–H and O–H groups in total. The second-order valence-corrected chi connectivity index (χ2v) is 6.29. The third-order valence-electron chi connectivity index (χ3n) is 2.91. The van der Waals surface area contributed by atoms with Crippen LogP contribution in [0.3, 0.4) is 0 Å². The van der Waals surface area contributed by atoms with Gasteiger partial charge in [-0.2, -0.15) is 5.10 Å². The maximum Gasteiger partial charge on any atom is 0.137 e. The Morgan fingerprint density at radius 1 is 1.25 bits per heavy atom. The zero-order valence-electron chi connectivity index (χ0n) is 12.1. The van der Waals surface area contributed by atoms with Crippen molar-refractivity contribution < 1.29 is 0 Å². The van der Waals surface area contributed by atoms with Crippen LogP contribution in [0, 0.1) is 5.92 Å². The average Bonchev–Trinajstić information content (AvgIpc) is 2.93. The predicted molar refractivity (Wildman–Crippen MR) is 85.7 cm³/mol. The van der Waals surface area contributed by atoms with Gasteiger partial charge in [0, 0.05) is 4.90 Å². The molecule has 0 aliphatic rings. The summed E-state index contributed by atoms with van der Waals surface area (Å²) in [4.78, 5) is 5.26. The smallest absolute Gasteiger partial charge is 0.137 e. The first-order chi connectivity index (χ1) is 9.74. The van der Waals surface area contributed by atoms with Crippen molar-refractivity contribution in [3.8, 4) is 0 Å². The van der Waals surface area contributed by atoms with Crippen molar-refractivity contribution in [3.05, 3.63) is 48.6 Å². The number of hydrogen-bond donors (Lipinski definition) is 0. The van der Waals surface area contributed by atoms with Crippen LogP contribution in [-0.2, 0) is 6.54 Å². The summed E-state index contributed by atoms with van der Waals surface area (Å²) in [6.45, 7) is 5.29. The molecule has 0 aliphatic heterocycles. The minimum atomic E-state index is 0.755. The molecule has 0 unspecified atom stereocenters. The van der Waals surface area contributed by atoms with E-state index in [9.17, 15) is 0 Å². The van der Waals surface area contributed by atoms with Crippen molar-refractivity contribution in [3.63, 3.8) is 0 Å². The fourth-order valence-electron chi connectivity index (χ4n) is 1.71. The van der Waals surface area contributed by atoms with Gasteiger partial charge in [0.05, 0.1) is 6.54 Å². The molecule has 20 heavy (non-hydrogen) atoms. The number of hydrogen-bond acceptors (Lipinski definition) is 3. The van der Waals surface area contributed by atoms with Gasteiger partial charge in [-0.15, -0.1) is 11.8 Å². The molecule has 3 nitrogen and oxygen atoms in total. The van der Waals surface area contributed by atoms with Crippen molar-refractivity contribution in [2.45, 2.75) is 31.7 Å². The summed E-state index contributed by atoms with van der Waals surface area (Å²) in [7, 11) is 0. The molecule has 2 aromatic rings. The minimum absolute atomic E-state index is 0.755. The van der Waals surface area contributed by atoms with Gasteiger partial charge in [0.1, 0.15) is 12.7 Å². The Bertz CT molecular complexity index is 515. The zero-order valence-corrected chi connectivity index (χ0v) is 12.9. The Morgan fingerprint density at radius 2 is 2.05 bits per heavy atom. The van der Waals surface area contributed by atoms with Gasteiger partial charge in [-0.3, -0.25) is 0 Å². The first kappa shape index (κ1) is 14.9. The van der Waals surface area contributed by atoms with Gasteiger partial charge in [-0.25, -0.2) is 9.67 Å². The molecule has 0 atom stereocenters. The molecule has 106 valence electrons. The molecule has 0 amide bonds. The van der Waals surface area contributed by atoms with Crippen LogP contribution in [0.1, 0.15) is 25.8 Å². The largest absolute Gasteiger partial charge is 0.249 e. The van der Waals surface area contributed by atoms with Crippen LogP contribution < -0.4 is 0 Å². The van der Waals surface area contributed by atoms with E-state index in [1.165, 1.54) is 22.6 Å². The third kappa shape index (κ3) is 5.21. The van der Waals surface area contributed by atoms with Gasteiger partial charge in [0.2, 0.25) is 0 Å². The van der Waals surface area contributed by atoms with Crippen LogP contribution in [0.4, 0.5) is 0 Å². The topological polar surface area (TPSA) is 30.7 Å². The molecular formula is C16H21N3S. The molecule has 2 rings (SSSR count). The lowest BCUT2D eigenvalue weighted by Crippen LogP contribution is -1.94. The Morgan fingerprint density at radius 3 is 2.70 bits per heavy atom. The number of benzene rings is 1. The van der Waals surface area contributed by atoms with Crippen LogP contribution in [0.5, 0.6) is 0 Å². The van der Waals surface area contributed by atoms with E-state index in [1.807, 2.05) is 11.8 Å². The number of thioether (sulfide) groups is 1. The molecule has 1 aromatic heterocycles. The van der Waals surface area contributed by atoms with Gasteiger partial charge in [0.15, 0.2) is 0 Å². The quantitative estimate of drug-likeness (QED) is 0.717. The molecule has 0 saturated heterocycles. The monoisotopic (exact) mass is 287 g/mol. The van der Waals surface area contributed by atoms with Gasteiger partial charge in [-0.1, -0.05) is 38.1 Å². The molecule has 1 heterocycles. The predicted octanol–water partition coefficient (Wildman–Crippen LogP) is 4.13. The van der Waals surface area contributed by atoms with E-state index in [-0.39, 0.29) is 0 Å². The molecule has 0 fully saturated rings. The molecule has 0 saturated carbocycles. The van der Waals surface area contributed by atoms with Crippen molar-refractivity contribution in [1.29, 1.82) is 0 Å². The summed E-state index contributed by atoms with van der Waals surface area (Å²) in [6, 6.07) is 8.71. The Kier molecular flexibility index (Phi) is 5.87. The summed E-state index contributed by atoms with van der Waals surface area (Å²) < 4.78 is 1.80. The molecule has 0 bridgehead atoms. The summed E-state index contributed by atoms with van der Waals surface area (Å²) >= 11 is 1.93. The SMILES string of the molecule is CC(C)CCSc1ccc(C=CCn2cncn2)cc1. The van der Waals surface area contributed by atoms with E-state index in [2.05, 4.69) is 60.3 Å². The van der Waals surface area contributed by atoms with E-state index in [1.54, 1.807) is 17.3 Å². The lowest BCUT2D eigenvalue weighted by molar-refractivity contribution is 0.632. The van der Waals surface area contributed by atoms with Crippen molar-refractivity contribution >= 4 is 17.8 Å². The first-order valence-corrected chi connectivity index (χ1v) is 7.94. The van der Waals surface area contributed by atoms with Crippen molar-refractivity contribution in [2.75, 3.05) is 5.75 Å². The van der Waals surface area contributed by atoms with E-state index < -0.39 is 0 Å². The molecule has 0 aliphatic carbocycles. The summed E-state index contributed by atoms with van der Waals surface area (Å²) in [5.41, 5.74) is 1.22. The molecule has 0 spiro atoms. The lowest BCUT2D eigenvalue weighted by atomic mass is 10.2.